The van der Waals surface area contributed by atoms with E-state index >= 15 is 0 Å². The van der Waals surface area contributed by atoms with Crippen molar-refractivity contribution in [3.8, 4) is 17.6 Å². The number of aryl methyl sites for hydroxylation is 1. The molecule has 1 aromatic rings. The molecule has 3 nitrogen and oxygen atoms in total. The molecule has 2 N–H and O–H groups in total. The summed E-state index contributed by atoms with van der Waals surface area (Å²) in [7, 11) is 0. The van der Waals surface area contributed by atoms with Gasteiger partial charge in [-0.05, 0) is 31.5 Å². The fourth-order valence-electron chi connectivity index (χ4n) is 1.35. The predicted octanol–water partition coefficient (Wildman–Crippen LogP) is 1.35. The van der Waals surface area contributed by atoms with Gasteiger partial charge in [0.1, 0.15) is 18.5 Å². The zero-order chi connectivity index (χ0) is 12.5. The van der Waals surface area contributed by atoms with Gasteiger partial charge in [0, 0.05) is 6.54 Å². The Balaban J connectivity index is 2.22. The highest BCUT2D eigenvalue weighted by atomic mass is 16.5. The number of nitrogens with one attached hydrogen (secondary N) is 1. The molecule has 1 rings (SSSR count). The number of benzene rings is 1. The molecule has 1 aromatic carbocycles. The third-order valence-corrected chi connectivity index (χ3v) is 2.20. The quantitative estimate of drug-likeness (QED) is 0.575. The third-order valence-electron chi connectivity index (χ3n) is 2.20. The number of hydrogen-bond donors (Lipinski definition) is 2. The number of rotatable bonds is 6. The first-order valence-corrected chi connectivity index (χ1v) is 5.70. The molecule has 0 radical (unpaired) electrons. The Kier molecular flexibility index (Phi) is 6.16. The summed E-state index contributed by atoms with van der Waals surface area (Å²) in [5, 5.41) is 12.7. The molecule has 0 aliphatic heterocycles. The first kappa shape index (κ1) is 13.6. The van der Waals surface area contributed by atoms with E-state index in [1.807, 2.05) is 31.2 Å². The van der Waals surface area contributed by atoms with Crippen LogP contribution >= 0.6 is 0 Å². The molecule has 0 saturated heterocycles. The first-order valence-electron chi connectivity index (χ1n) is 5.70. The van der Waals surface area contributed by atoms with E-state index < -0.39 is 6.10 Å². The molecule has 0 spiro atoms. The van der Waals surface area contributed by atoms with Gasteiger partial charge >= 0.3 is 0 Å². The van der Waals surface area contributed by atoms with Gasteiger partial charge in [0.15, 0.2) is 0 Å². The minimum Gasteiger partial charge on any atom is -0.491 e. The standard InChI is InChI=1S/C14H19NO2/c1-3-4-8-15-10-13(16)11-17-14-7-5-6-12(2)9-14/h5-7,9,13,15-16H,8,10-11H2,1-2H3. The number of aliphatic hydroxyl groups is 1. The van der Waals surface area contributed by atoms with Gasteiger partial charge in [0.2, 0.25) is 0 Å². The van der Waals surface area contributed by atoms with Crippen molar-refractivity contribution in [1.82, 2.24) is 5.32 Å². The molecule has 0 aliphatic carbocycles. The van der Waals surface area contributed by atoms with Crippen molar-refractivity contribution in [1.29, 1.82) is 0 Å². The zero-order valence-electron chi connectivity index (χ0n) is 10.4. The molecule has 0 bridgehead atoms. The van der Waals surface area contributed by atoms with Crippen molar-refractivity contribution >= 4 is 0 Å². The van der Waals surface area contributed by atoms with Crippen LogP contribution in [-0.4, -0.2) is 30.9 Å². The lowest BCUT2D eigenvalue weighted by molar-refractivity contribution is 0.107. The lowest BCUT2D eigenvalue weighted by atomic mass is 10.2. The van der Waals surface area contributed by atoms with E-state index in [0.717, 1.165) is 11.3 Å². The van der Waals surface area contributed by atoms with Crippen molar-refractivity contribution in [2.24, 2.45) is 0 Å². The Morgan fingerprint density at radius 1 is 1.47 bits per heavy atom. The molecule has 17 heavy (non-hydrogen) atoms. The van der Waals surface area contributed by atoms with Crippen molar-refractivity contribution in [2.75, 3.05) is 19.7 Å². The van der Waals surface area contributed by atoms with Crippen LogP contribution < -0.4 is 10.1 Å². The minimum absolute atomic E-state index is 0.288. The summed E-state index contributed by atoms with van der Waals surface area (Å²) in [4.78, 5) is 0. The summed E-state index contributed by atoms with van der Waals surface area (Å²) in [6.45, 7) is 5.17. The molecule has 0 heterocycles. The normalized spacial score (nSPS) is 11.5. The lowest BCUT2D eigenvalue weighted by Crippen LogP contribution is -2.31. The van der Waals surface area contributed by atoms with Gasteiger partial charge in [-0.25, -0.2) is 0 Å². The van der Waals surface area contributed by atoms with Crippen LogP contribution in [0.2, 0.25) is 0 Å². The summed E-state index contributed by atoms with van der Waals surface area (Å²) >= 11 is 0. The fourth-order valence-corrected chi connectivity index (χ4v) is 1.35. The minimum atomic E-state index is -0.519. The maximum Gasteiger partial charge on any atom is 0.119 e. The molecule has 0 amide bonds. The molecular weight excluding hydrogens is 214 g/mol. The maximum atomic E-state index is 9.64. The second-order valence-corrected chi connectivity index (χ2v) is 3.84. The van der Waals surface area contributed by atoms with E-state index in [1.54, 1.807) is 6.92 Å². The van der Waals surface area contributed by atoms with Gasteiger partial charge in [-0.15, -0.1) is 5.92 Å². The Labute approximate surface area is 103 Å². The summed E-state index contributed by atoms with van der Waals surface area (Å²) in [6, 6.07) is 7.78. The van der Waals surface area contributed by atoms with Gasteiger partial charge in [-0.3, -0.25) is 0 Å². The maximum absolute atomic E-state index is 9.64. The molecular formula is C14H19NO2. The van der Waals surface area contributed by atoms with Gasteiger partial charge in [-0.1, -0.05) is 18.1 Å². The SMILES string of the molecule is CC#CCNCC(O)COc1cccc(C)c1. The van der Waals surface area contributed by atoms with Crippen LogP contribution in [0, 0.1) is 18.8 Å². The van der Waals surface area contributed by atoms with Gasteiger partial charge in [0.25, 0.3) is 0 Å². The Bertz CT molecular complexity index is 393. The van der Waals surface area contributed by atoms with Gasteiger partial charge < -0.3 is 15.2 Å². The highest BCUT2D eigenvalue weighted by Crippen LogP contribution is 2.12. The molecule has 1 atom stereocenters. The average molecular weight is 233 g/mol. The van der Waals surface area contributed by atoms with E-state index in [2.05, 4.69) is 17.2 Å². The Morgan fingerprint density at radius 3 is 3.00 bits per heavy atom. The monoisotopic (exact) mass is 233 g/mol. The average Bonchev–Trinajstić information content (AvgIpc) is 2.32. The van der Waals surface area contributed by atoms with E-state index in [9.17, 15) is 5.11 Å². The highest BCUT2D eigenvalue weighted by Gasteiger charge is 2.04. The van der Waals surface area contributed by atoms with E-state index in [4.69, 9.17) is 4.74 Å². The smallest absolute Gasteiger partial charge is 0.119 e. The van der Waals surface area contributed by atoms with Crippen molar-refractivity contribution < 1.29 is 9.84 Å². The first-order chi connectivity index (χ1) is 8.22. The lowest BCUT2D eigenvalue weighted by Gasteiger charge is -2.12. The zero-order valence-corrected chi connectivity index (χ0v) is 10.4. The van der Waals surface area contributed by atoms with Crippen LogP contribution in [-0.2, 0) is 0 Å². The fraction of sp³-hybridized carbons (Fsp3) is 0.429. The van der Waals surface area contributed by atoms with Crippen LogP contribution in [0.3, 0.4) is 0 Å². The molecule has 92 valence electrons. The van der Waals surface area contributed by atoms with Crippen molar-refractivity contribution in [3.05, 3.63) is 29.8 Å². The van der Waals surface area contributed by atoms with E-state index in [0.29, 0.717) is 13.1 Å². The molecule has 1 unspecified atom stereocenters. The summed E-state index contributed by atoms with van der Waals surface area (Å²) in [5.74, 6) is 6.44. The highest BCUT2D eigenvalue weighted by molar-refractivity contribution is 5.27. The number of hydrogen-bond acceptors (Lipinski definition) is 3. The topological polar surface area (TPSA) is 41.5 Å². The predicted molar refractivity (Wildman–Crippen MR) is 69.0 cm³/mol. The molecule has 3 heteroatoms. The van der Waals surface area contributed by atoms with Crippen LogP contribution in [0.5, 0.6) is 5.75 Å². The second-order valence-electron chi connectivity index (χ2n) is 3.84. The van der Waals surface area contributed by atoms with E-state index in [1.165, 1.54) is 0 Å². The van der Waals surface area contributed by atoms with Crippen LogP contribution in [0.1, 0.15) is 12.5 Å². The Morgan fingerprint density at radius 2 is 2.29 bits per heavy atom. The second kappa shape index (κ2) is 7.72. The Hall–Kier alpha value is -1.50. The van der Waals surface area contributed by atoms with Crippen molar-refractivity contribution in [2.45, 2.75) is 20.0 Å². The summed E-state index contributed by atoms with van der Waals surface area (Å²) in [5.41, 5.74) is 1.15. The van der Waals surface area contributed by atoms with E-state index in [-0.39, 0.29) is 6.61 Å². The molecule has 0 aliphatic rings. The third kappa shape index (κ3) is 5.96. The van der Waals surface area contributed by atoms with Crippen LogP contribution in [0.4, 0.5) is 0 Å². The number of ether oxygens (including phenoxy) is 1. The van der Waals surface area contributed by atoms with Crippen molar-refractivity contribution in [3.63, 3.8) is 0 Å². The van der Waals surface area contributed by atoms with Crippen LogP contribution in [0.25, 0.3) is 0 Å². The summed E-state index contributed by atoms with van der Waals surface area (Å²) < 4.78 is 5.48. The molecule has 0 fully saturated rings. The van der Waals surface area contributed by atoms with Crippen LogP contribution in [0.15, 0.2) is 24.3 Å². The largest absolute Gasteiger partial charge is 0.491 e. The summed E-state index contributed by atoms with van der Waals surface area (Å²) in [6.07, 6.45) is -0.519. The van der Waals surface area contributed by atoms with Gasteiger partial charge in [-0.2, -0.15) is 0 Å². The number of aliphatic hydroxyl groups excluding tert-OH is 1. The van der Waals surface area contributed by atoms with Gasteiger partial charge in [0.05, 0.1) is 6.54 Å². The molecule has 0 aromatic heterocycles. The molecule has 0 saturated carbocycles.